The fraction of sp³-hybridized carbons (Fsp3) is 0.438. The Kier molecular flexibility index (Phi) is 6.56. The molecule has 0 fully saturated rings. The monoisotopic (exact) mass is 305 g/mol. The van der Waals surface area contributed by atoms with Crippen molar-refractivity contribution < 1.29 is 9.72 Å². The van der Waals surface area contributed by atoms with Crippen LogP contribution >= 0.6 is 0 Å². The van der Waals surface area contributed by atoms with E-state index >= 15 is 0 Å². The molecule has 1 N–H and O–H groups in total. The fourth-order valence-electron chi connectivity index (χ4n) is 2.14. The lowest BCUT2D eigenvalue weighted by Gasteiger charge is -2.20. The molecule has 1 aromatic carbocycles. The van der Waals surface area contributed by atoms with Crippen molar-refractivity contribution >= 4 is 17.3 Å². The van der Waals surface area contributed by atoms with Crippen LogP contribution in [0.15, 0.2) is 30.9 Å². The first-order valence-corrected chi connectivity index (χ1v) is 7.26. The first-order valence-electron chi connectivity index (χ1n) is 7.26. The van der Waals surface area contributed by atoms with E-state index in [9.17, 15) is 14.9 Å². The summed E-state index contributed by atoms with van der Waals surface area (Å²) in [5.74, 6) is -0.0966. The van der Waals surface area contributed by atoms with E-state index in [-0.39, 0.29) is 22.4 Å². The second-order valence-electron chi connectivity index (χ2n) is 5.43. The Hall–Kier alpha value is -2.37. The van der Waals surface area contributed by atoms with Gasteiger partial charge in [-0.1, -0.05) is 20.4 Å². The van der Waals surface area contributed by atoms with Crippen LogP contribution in [0.25, 0.3) is 0 Å². The van der Waals surface area contributed by atoms with Gasteiger partial charge in [0, 0.05) is 37.5 Å². The molecule has 0 aromatic heterocycles. The maximum Gasteiger partial charge on any atom is 0.272 e. The van der Waals surface area contributed by atoms with Crippen molar-refractivity contribution in [2.75, 3.05) is 25.0 Å². The third kappa shape index (κ3) is 4.87. The van der Waals surface area contributed by atoms with E-state index in [4.69, 9.17) is 0 Å². The summed E-state index contributed by atoms with van der Waals surface area (Å²) >= 11 is 0. The lowest BCUT2D eigenvalue weighted by molar-refractivity contribution is -0.385. The molecule has 0 saturated heterocycles. The number of nitrogens with one attached hydrogen (secondary N) is 1. The summed E-state index contributed by atoms with van der Waals surface area (Å²) < 4.78 is 0. The zero-order valence-corrected chi connectivity index (χ0v) is 13.3. The Morgan fingerprint density at radius 1 is 1.50 bits per heavy atom. The van der Waals surface area contributed by atoms with E-state index in [1.54, 1.807) is 12.1 Å². The topological polar surface area (TPSA) is 75.5 Å². The molecule has 6 nitrogen and oxygen atoms in total. The van der Waals surface area contributed by atoms with Gasteiger partial charge in [-0.3, -0.25) is 14.9 Å². The molecule has 0 aliphatic carbocycles. The molecule has 0 heterocycles. The highest BCUT2D eigenvalue weighted by Gasteiger charge is 2.17. The van der Waals surface area contributed by atoms with Gasteiger partial charge in [0.15, 0.2) is 0 Å². The lowest BCUT2D eigenvalue weighted by Crippen LogP contribution is -2.26. The van der Waals surface area contributed by atoms with Gasteiger partial charge in [0.2, 0.25) is 5.91 Å². The van der Waals surface area contributed by atoms with Crippen LogP contribution in [0, 0.1) is 10.1 Å². The van der Waals surface area contributed by atoms with Crippen LogP contribution in [0.1, 0.15) is 31.7 Å². The Morgan fingerprint density at radius 3 is 2.73 bits per heavy atom. The Bertz CT molecular complexity index is 556. The van der Waals surface area contributed by atoms with Crippen molar-refractivity contribution in [2.24, 2.45) is 0 Å². The number of amides is 1. The molecule has 0 aliphatic heterocycles. The Morgan fingerprint density at radius 2 is 2.18 bits per heavy atom. The Balaban J connectivity index is 2.71. The molecule has 0 radical (unpaired) electrons. The molecular formula is C16H23N3O3. The minimum atomic E-state index is -0.343. The third-order valence-corrected chi connectivity index (χ3v) is 3.43. The summed E-state index contributed by atoms with van der Waals surface area (Å²) in [6.45, 7) is 8.59. The van der Waals surface area contributed by atoms with Crippen LogP contribution < -0.4 is 10.2 Å². The van der Waals surface area contributed by atoms with E-state index in [0.29, 0.717) is 6.54 Å². The summed E-state index contributed by atoms with van der Waals surface area (Å²) in [4.78, 5) is 23.8. The summed E-state index contributed by atoms with van der Waals surface area (Å²) in [5, 5.41) is 13.8. The van der Waals surface area contributed by atoms with Crippen LogP contribution in [0.2, 0.25) is 0 Å². The van der Waals surface area contributed by atoms with Gasteiger partial charge in [-0.25, -0.2) is 0 Å². The number of carbonyl (C=O) groups excluding carboxylic acids is 1. The molecule has 1 amide bonds. The number of nitrogens with zero attached hydrogens (tertiary/aromatic N) is 2. The molecule has 0 unspecified atom stereocenters. The molecule has 0 atom stereocenters. The highest BCUT2D eigenvalue weighted by atomic mass is 16.6. The molecule has 1 rings (SSSR count). The second-order valence-corrected chi connectivity index (χ2v) is 5.43. The fourth-order valence-corrected chi connectivity index (χ4v) is 2.14. The lowest BCUT2D eigenvalue weighted by atomic mass is 10.0. The molecule has 6 heteroatoms. The standard InChI is InChI=1S/C16H23N3O3/c1-5-16(20)17-9-6-10-18(4)13-7-8-15(19(21)22)14(11-13)12(2)3/h5,7-8,11-12H,1,6,9-10H2,2-4H3,(H,17,20). The maximum absolute atomic E-state index is 11.1. The zero-order valence-electron chi connectivity index (χ0n) is 13.3. The normalized spacial score (nSPS) is 10.4. The van der Waals surface area contributed by atoms with Crippen molar-refractivity contribution in [1.82, 2.24) is 5.32 Å². The highest BCUT2D eigenvalue weighted by Crippen LogP contribution is 2.30. The molecule has 0 spiro atoms. The van der Waals surface area contributed by atoms with Crippen LogP contribution in [-0.2, 0) is 4.79 Å². The van der Waals surface area contributed by atoms with Crippen molar-refractivity contribution in [1.29, 1.82) is 0 Å². The minimum absolute atomic E-state index is 0.0839. The first-order chi connectivity index (χ1) is 10.4. The molecule has 22 heavy (non-hydrogen) atoms. The smallest absolute Gasteiger partial charge is 0.272 e. The summed E-state index contributed by atoms with van der Waals surface area (Å²) in [7, 11) is 1.93. The molecule has 0 bridgehead atoms. The third-order valence-electron chi connectivity index (χ3n) is 3.43. The van der Waals surface area contributed by atoms with Gasteiger partial charge >= 0.3 is 0 Å². The van der Waals surface area contributed by atoms with Gasteiger partial charge in [0.25, 0.3) is 5.69 Å². The van der Waals surface area contributed by atoms with Gasteiger partial charge < -0.3 is 10.2 Å². The molecule has 0 aliphatic rings. The number of nitro groups is 1. The maximum atomic E-state index is 11.1. The SMILES string of the molecule is C=CC(=O)NCCCN(C)c1ccc([N+](=O)[O-])c(C(C)C)c1. The second kappa shape index (κ2) is 8.17. The van der Waals surface area contributed by atoms with E-state index in [2.05, 4.69) is 11.9 Å². The number of hydrogen-bond donors (Lipinski definition) is 1. The molecular weight excluding hydrogens is 282 g/mol. The first kappa shape index (κ1) is 17.7. The van der Waals surface area contributed by atoms with Crippen molar-refractivity contribution in [3.05, 3.63) is 46.5 Å². The quantitative estimate of drug-likeness (QED) is 0.347. The zero-order chi connectivity index (χ0) is 16.7. The van der Waals surface area contributed by atoms with Crippen LogP contribution in [0.3, 0.4) is 0 Å². The number of benzene rings is 1. The van der Waals surface area contributed by atoms with Gasteiger partial charge in [-0.15, -0.1) is 0 Å². The van der Waals surface area contributed by atoms with Gasteiger partial charge in [0.05, 0.1) is 4.92 Å². The van der Waals surface area contributed by atoms with Crippen molar-refractivity contribution in [2.45, 2.75) is 26.2 Å². The number of carbonyl (C=O) groups is 1. The van der Waals surface area contributed by atoms with Gasteiger partial charge in [-0.05, 0) is 30.5 Å². The average molecular weight is 305 g/mol. The number of hydrogen-bond acceptors (Lipinski definition) is 4. The van der Waals surface area contributed by atoms with Crippen LogP contribution in [0.5, 0.6) is 0 Å². The van der Waals surface area contributed by atoms with Crippen molar-refractivity contribution in [3.8, 4) is 0 Å². The summed E-state index contributed by atoms with van der Waals surface area (Å²) in [6.07, 6.45) is 2.03. The number of rotatable bonds is 8. The van der Waals surface area contributed by atoms with E-state index in [1.165, 1.54) is 6.08 Å². The Labute approximate surface area is 131 Å². The van der Waals surface area contributed by atoms with Gasteiger partial charge in [0.1, 0.15) is 0 Å². The van der Waals surface area contributed by atoms with Crippen molar-refractivity contribution in [3.63, 3.8) is 0 Å². The molecule has 120 valence electrons. The largest absolute Gasteiger partial charge is 0.375 e. The van der Waals surface area contributed by atoms with E-state index in [1.807, 2.05) is 31.9 Å². The molecule has 0 saturated carbocycles. The molecule has 1 aromatic rings. The minimum Gasteiger partial charge on any atom is -0.375 e. The number of nitro benzene ring substituents is 1. The highest BCUT2D eigenvalue weighted by molar-refractivity contribution is 5.86. The average Bonchev–Trinajstić information content (AvgIpc) is 2.50. The summed E-state index contributed by atoms with van der Waals surface area (Å²) in [6, 6.07) is 5.18. The van der Waals surface area contributed by atoms with Crippen LogP contribution in [0.4, 0.5) is 11.4 Å². The summed E-state index contributed by atoms with van der Waals surface area (Å²) in [5.41, 5.74) is 1.82. The van der Waals surface area contributed by atoms with E-state index < -0.39 is 0 Å². The van der Waals surface area contributed by atoms with E-state index in [0.717, 1.165) is 24.2 Å². The van der Waals surface area contributed by atoms with Crippen LogP contribution in [-0.4, -0.2) is 31.0 Å². The predicted octanol–water partition coefficient (Wildman–Crippen LogP) is 2.85. The number of anilines is 1. The predicted molar refractivity (Wildman–Crippen MR) is 88.3 cm³/mol. The van der Waals surface area contributed by atoms with Gasteiger partial charge in [-0.2, -0.15) is 0 Å².